The lowest BCUT2D eigenvalue weighted by atomic mass is 9.82. The van der Waals surface area contributed by atoms with Gasteiger partial charge in [-0.1, -0.05) is 59.6 Å². The molecule has 10 nitrogen and oxygen atoms in total. The van der Waals surface area contributed by atoms with E-state index in [-0.39, 0.29) is 63.3 Å². The summed E-state index contributed by atoms with van der Waals surface area (Å²) in [6.07, 6.45) is 2.55. The topological polar surface area (TPSA) is 115 Å². The molecule has 3 fully saturated rings. The van der Waals surface area contributed by atoms with Crippen LogP contribution in [0.25, 0.3) is 0 Å². The molecule has 0 aliphatic carbocycles. The molecule has 3 aromatic carbocycles. The molecule has 4 aromatic rings. The molecule has 7 rings (SSSR count). The fraction of sp³-hybridized carbons (Fsp3) is 0.359. The fourth-order valence-corrected chi connectivity index (χ4v) is 7.76. The Morgan fingerprint density at radius 2 is 1.70 bits per heavy atom. The number of hydrogen-bond donors (Lipinski definition) is 1. The molecule has 54 heavy (non-hydrogen) atoms. The van der Waals surface area contributed by atoms with Crippen molar-refractivity contribution in [2.24, 2.45) is 5.92 Å². The summed E-state index contributed by atoms with van der Waals surface area (Å²) in [5.41, 5.74) is 1.05. The van der Waals surface area contributed by atoms with Crippen LogP contribution in [0.3, 0.4) is 0 Å². The van der Waals surface area contributed by atoms with Gasteiger partial charge in [0.1, 0.15) is 22.0 Å². The number of carbonyl (C=O) groups is 2. The van der Waals surface area contributed by atoms with Crippen molar-refractivity contribution in [3.05, 3.63) is 117 Å². The number of hydrogen-bond acceptors (Lipinski definition) is 8. The SMILES string of the molecule is CC(C)Oc1cc([C@H](Cc2c(Cl)c[n+](O)cc2Cl)c2cc(CN(C(=O)O[C@H]3CN4CCC3CC4)c3ccccc3F)ccc2C(=O)[O-])ccc1OC(F)F. The smallest absolute Gasteiger partial charge is 0.415 e. The number of benzene rings is 3. The second-order valence-corrected chi connectivity index (χ2v) is 14.4. The maximum absolute atomic E-state index is 15.4. The van der Waals surface area contributed by atoms with Crippen molar-refractivity contribution in [2.45, 2.75) is 64.4 Å². The molecular formula is C39H38Cl2F3N3O7. The van der Waals surface area contributed by atoms with Crippen LogP contribution in [-0.2, 0) is 17.7 Å². The van der Waals surface area contributed by atoms with E-state index in [0.29, 0.717) is 28.0 Å². The van der Waals surface area contributed by atoms with E-state index in [1.54, 1.807) is 26.0 Å². The first-order chi connectivity index (χ1) is 25.8. The summed E-state index contributed by atoms with van der Waals surface area (Å²) in [6.45, 7) is 2.47. The highest BCUT2D eigenvalue weighted by atomic mass is 35.5. The van der Waals surface area contributed by atoms with Gasteiger partial charge in [0, 0.05) is 28.3 Å². The summed E-state index contributed by atoms with van der Waals surface area (Å²) >= 11 is 13.1. The highest BCUT2D eigenvalue weighted by molar-refractivity contribution is 6.35. The molecule has 0 saturated carbocycles. The van der Waals surface area contributed by atoms with E-state index in [1.807, 2.05) is 0 Å². The summed E-state index contributed by atoms with van der Waals surface area (Å²) in [6, 6.07) is 14.4. The molecule has 3 aliphatic rings. The van der Waals surface area contributed by atoms with Gasteiger partial charge in [0.25, 0.3) is 0 Å². The fourth-order valence-electron chi connectivity index (χ4n) is 7.15. The summed E-state index contributed by atoms with van der Waals surface area (Å²) in [7, 11) is 0. The summed E-state index contributed by atoms with van der Waals surface area (Å²) in [5, 5.41) is 22.8. The van der Waals surface area contributed by atoms with Gasteiger partial charge in [-0.3, -0.25) is 15.0 Å². The number of piperidine rings is 3. The van der Waals surface area contributed by atoms with Crippen molar-refractivity contribution < 1.29 is 52.0 Å². The molecule has 0 spiro atoms. The number of rotatable bonds is 13. The number of aromatic carboxylic acids is 1. The highest BCUT2D eigenvalue weighted by Gasteiger charge is 2.38. The van der Waals surface area contributed by atoms with Crippen molar-refractivity contribution in [3.63, 3.8) is 0 Å². The number of para-hydroxylation sites is 1. The third kappa shape index (κ3) is 8.97. The van der Waals surface area contributed by atoms with Gasteiger partial charge >= 0.3 is 12.7 Å². The zero-order chi connectivity index (χ0) is 38.7. The maximum atomic E-state index is 15.4. The first-order valence-electron chi connectivity index (χ1n) is 17.4. The molecule has 2 bridgehead atoms. The van der Waals surface area contributed by atoms with Crippen LogP contribution in [-0.4, -0.2) is 60.6 Å². The third-order valence-electron chi connectivity index (χ3n) is 9.69. The number of pyridine rings is 1. The van der Waals surface area contributed by atoms with Crippen LogP contribution in [0.1, 0.15) is 65.2 Å². The number of carbonyl (C=O) groups excluding carboxylic acids is 2. The Labute approximate surface area is 320 Å². The van der Waals surface area contributed by atoms with E-state index < -0.39 is 36.5 Å². The third-order valence-corrected chi connectivity index (χ3v) is 10.3. The molecule has 1 N–H and O–H groups in total. The maximum Gasteiger partial charge on any atom is 0.415 e. The molecule has 1 amide bonds. The number of nitrogens with zero attached hydrogens (tertiary/aromatic N) is 3. The van der Waals surface area contributed by atoms with E-state index in [4.69, 9.17) is 37.4 Å². The standard InChI is InChI=1S/C39H38Cl2F3N3O7/c1-22(2)52-35-16-25(8-10-34(35)53-38(43)44)27(17-29-30(40)19-46(51)20-31(29)41)28-15-23(7-9-26(28)37(48)49)18-47(33-6-4-3-5-32(33)42)39(50)54-36-21-45-13-11-24(36)12-14-45/h3-10,15-16,19-20,22,24,27,36,38H,11-14,17-18,21H2,1-2H3,(H-,48,49,51)/t27-,36-/m0/s1. The van der Waals surface area contributed by atoms with Crippen molar-refractivity contribution in [1.29, 1.82) is 0 Å². The van der Waals surface area contributed by atoms with Gasteiger partial charge in [-0.2, -0.15) is 8.78 Å². The van der Waals surface area contributed by atoms with Crippen molar-refractivity contribution in [3.8, 4) is 11.5 Å². The van der Waals surface area contributed by atoms with Crippen LogP contribution < -0.4 is 24.2 Å². The molecule has 286 valence electrons. The van der Waals surface area contributed by atoms with Gasteiger partial charge in [-0.15, -0.1) is 0 Å². The van der Waals surface area contributed by atoms with E-state index >= 15 is 4.39 Å². The Bertz CT molecular complexity index is 1990. The monoisotopic (exact) mass is 787 g/mol. The quantitative estimate of drug-likeness (QED) is 0.114. The normalized spacial score (nSPS) is 18.4. The Morgan fingerprint density at radius 3 is 2.31 bits per heavy atom. The number of anilines is 1. The summed E-state index contributed by atoms with van der Waals surface area (Å²) in [5.74, 6) is -3.18. The molecule has 4 heterocycles. The van der Waals surface area contributed by atoms with Crippen molar-refractivity contribution >= 4 is 41.0 Å². The van der Waals surface area contributed by atoms with Crippen LogP contribution in [0.4, 0.5) is 23.7 Å². The zero-order valence-corrected chi connectivity index (χ0v) is 30.9. The average Bonchev–Trinajstić information content (AvgIpc) is 3.11. The Morgan fingerprint density at radius 1 is 1.00 bits per heavy atom. The summed E-state index contributed by atoms with van der Waals surface area (Å²) < 4.78 is 59.3. The van der Waals surface area contributed by atoms with E-state index in [2.05, 4.69) is 4.90 Å². The first-order valence-corrected chi connectivity index (χ1v) is 18.2. The van der Waals surface area contributed by atoms with Gasteiger partial charge in [-0.05, 0) is 93.1 Å². The molecule has 15 heteroatoms. The first kappa shape index (κ1) is 39.0. The molecule has 0 unspecified atom stereocenters. The molecule has 3 aliphatic heterocycles. The Hall–Kier alpha value is -4.72. The molecule has 1 aromatic heterocycles. The predicted molar refractivity (Wildman–Crippen MR) is 191 cm³/mol. The zero-order valence-electron chi connectivity index (χ0n) is 29.4. The van der Waals surface area contributed by atoms with Crippen LogP contribution in [0.2, 0.25) is 10.0 Å². The minimum atomic E-state index is -3.15. The largest absolute Gasteiger partial charge is 0.545 e. The minimum absolute atomic E-state index is 0.0291. The number of fused-ring (bicyclic) bond motifs is 3. The van der Waals surface area contributed by atoms with Crippen LogP contribution in [0, 0.1) is 11.7 Å². The molecule has 0 radical (unpaired) electrons. The Balaban J connectivity index is 1.45. The number of ether oxygens (including phenoxy) is 3. The van der Waals surface area contributed by atoms with Gasteiger partial charge < -0.3 is 24.1 Å². The number of aromatic nitrogens is 1. The Kier molecular flexibility index (Phi) is 12.1. The number of amides is 1. The van der Waals surface area contributed by atoms with Crippen LogP contribution >= 0.6 is 23.2 Å². The van der Waals surface area contributed by atoms with Crippen molar-refractivity contribution in [1.82, 2.24) is 4.90 Å². The summed E-state index contributed by atoms with van der Waals surface area (Å²) in [4.78, 5) is 30.0. The van der Waals surface area contributed by atoms with Crippen LogP contribution in [0.15, 0.2) is 73.1 Å². The molecular weight excluding hydrogens is 750 g/mol. The van der Waals surface area contributed by atoms with Gasteiger partial charge in [-0.25, -0.2) is 9.18 Å². The number of carboxylic acid groups (broad SMARTS) is 1. The second kappa shape index (κ2) is 16.7. The van der Waals surface area contributed by atoms with Gasteiger partial charge in [0.2, 0.25) is 12.4 Å². The highest BCUT2D eigenvalue weighted by Crippen LogP contribution is 2.40. The minimum Gasteiger partial charge on any atom is -0.545 e. The lowest BCUT2D eigenvalue weighted by Gasteiger charge is -2.44. The number of carboxylic acids is 1. The van der Waals surface area contributed by atoms with Gasteiger partial charge in [0.05, 0.1) is 24.3 Å². The lowest BCUT2D eigenvalue weighted by Crippen LogP contribution is -2.53. The predicted octanol–water partition coefficient (Wildman–Crippen LogP) is 7.02. The average molecular weight is 789 g/mol. The van der Waals surface area contributed by atoms with E-state index in [9.17, 15) is 28.7 Å². The lowest BCUT2D eigenvalue weighted by molar-refractivity contribution is -0.904. The van der Waals surface area contributed by atoms with Crippen LogP contribution in [0.5, 0.6) is 11.5 Å². The van der Waals surface area contributed by atoms with Gasteiger partial charge in [0.15, 0.2) is 11.5 Å². The second-order valence-electron chi connectivity index (χ2n) is 13.6. The van der Waals surface area contributed by atoms with E-state index in [0.717, 1.165) is 25.9 Å². The van der Waals surface area contributed by atoms with E-state index in [1.165, 1.54) is 65.8 Å². The number of halogens is 5. The number of alkyl halides is 2. The molecule has 3 saturated heterocycles. The van der Waals surface area contributed by atoms with Crippen molar-refractivity contribution in [2.75, 3.05) is 24.5 Å². The molecule has 2 atom stereocenters.